The molecule has 3 aromatic rings. The monoisotopic (exact) mass is 431 g/mol. The van der Waals surface area contributed by atoms with Gasteiger partial charge in [0.05, 0.1) is 11.6 Å². The summed E-state index contributed by atoms with van der Waals surface area (Å²) < 4.78 is 8.45. The molecule has 27 heavy (non-hydrogen) atoms. The minimum atomic E-state index is -0.494. The fourth-order valence-electron chi connectivity index (χ4n) is 3.20. The van der Waals surface area contributed by atoms with E-state index >= 15 is 0 Å². The summed E-state index contributed by atoms with van der Waals surface area (Å²) in [7, 11) is 1.79. The fraction of sp³-hybridized carbons (Fsp3) is 0.421. The Morgan fingerprint density at radius 1 is 1.37 bits per heavy atom. The lowest BCUT2D eigenvalue weighted by Crippen LogP contribution is -2.61. The van der Waals surface area contributed by atoms with Crippen molar-refractivity contribution in [3.8, 4) is 0 Å². The van der Waals surface area contributed by atoms with Crippen LogP contribution in [0.3, 0.4) is 0 Å². The summed E-state index contributed by atoms with van der Waals surface area (Å²) >= 11 is 3.48. The average Bonchev–Trinajstić information content (AvgIpc) is 3.02. The first-order valence-electron chi connectivity index (χ1n) is 8.86. The van der Waals surface area contributed by atoms with E-state index in [1.54, 1.807) is 18.1 Å². The van der Waals surface area contributed by atoms with Crippen LogP contribution in [0, 0.1) is 0 Å². The van der Waals surface area contributed by atoms with Crippen molar-refractivity contribution in [3.05, 3.63) is 35.1 Å². The zero-order valence-corrected chi connectivity index (χ0v) is 17.4. The van der Waals surface area contributed by atoms with Crippen LogP contribution in [0.25, 0.3) is 16.6 Å². The maximum Gasteiger partial charge on any atom is 0.410 e. The summed E-state index contributed by atoms with van der Waals surface area (Å²) in [4.78, 5) is 25.3. The number of fused-ring (bicyclic) bond motifs is 3. The van der Waals surface area contributed by atoms with Crippen molar-refractivity contribution >= 4 is 44.5 Å². The van der Waals surface area contributed by atoms with Gasteiger partial charge in [0.1, 0.15) is 5.60 Å². The first kappa shape index (κ1) is 18.0. The van der Waals surface area contributed by atoms with Crippen LogP contribution < -0.4 is 4.90 Å². The number of amides is 1. The Hall–Kier alpha value is -2.35. The number of carbonyl (C=O) groups is 1. The van der Waals surface area contributed by atoms with Crippen molar-refractivity contribution in [2.45, 2.75) is 32.4 Å². The molecule has 3 aromatic heterocycles. The van der Waals surface area contributed by atoms with Gasteiger partial charge in [0.2, 0.25) is 5.95 Å². The van der Waals surface area contributed by atoms with Gasteiger partial charge in [0.15, 0.2) is 5.65 Å². The third kappa shape index (κ3) is 3.34. The molecular formula is C19H22BrN5O2. The fourth-order valence-corrected chi connectivity index (χ4v) is 3.53. The van der Waals surface area contributed by atoms with E-state index in [-0.39, 0.29) is 12.1 Å². The second-order valence-corrected chi connectivity index (χ2v) is 8.77. The van der Waals surface area contributed by atoms with Crippen LogP contribution >= 0.6 is 15.9 Å². The Balaban J connectivity index is 1.57. The highest BCUT2D eigenvalue weighted by Crippen LogP contribution is 2.29. The van der Waals surface area contributed by atoms with Gasteiger partial charge in [-0.2, -0.15) is 4.98 Å². The van der Waals surface area contributed by atoms with Gasteiger partial charge in [-0.1, -0.05) is 0 Å². The number of hydrogen-bond donors (Lipinski definition) is 0. The first-order valence-corrected chi connectivity index (χ1v) is 9.65. The zero-order valence-electron chi connectivity index (χ0n) is 15.8. The maximum absolute atomic E-state index is 12.3. The predicted molar refractivity (Wildman–Crippen MR) is 108 cm³/mol. The number of carbonyl (C=O) groups excluding carboxylic acids is 1. The van der Waals surface area contributed by atoms with Crippen molar-refractivity contribution < 1.29 is 9.53 Å². The molecule has 0 bridgehead atoms. The Morgan fingerprint density at radius 3 is 2.81 bits per heavy atom. The molecule has 0 aliphatic carbocycles. The third-order valence-electron chi connectivity index (χ3n) is 4.65. The molecule has 1 fully saturated rings. The van der Waals surface area contributed by atoms with E-state index in [0.29, 0.717) is 18.7 Å². The first-order chi connectivity index (χ1) is 12.7. The highest BCUT2D eigenvalue weighted by atomic mass is 79.9. The molecule has 1 aliphatic rings. The minimum Gasteiger partial charge on any atom is -0.444 e. The Bertz CT molecular complexity index is 1020. The second kappa shape index (κ2) is 6.37. The molecule has 4 heterocycles. The number of hydrogen-bond acceptors (Lipinski definition) is 5. The summed E-state index contributed by atoms with van der Waals surface area (Å²) in [5.41, 5.74) is 1.28. The molecule has 1 amide bonds. The molecule has 0 spiro atoms. The van der Waals surface area contributed by atoms with Gasteiger partial charge < -0.3 is 14.5 Å². The number of likely N-dealkylation sites (N-methyl/N-ethyl adjacent to an activating group) is 1. The number of anilines is 1. The van der Waals surface area contributed by atoms with Crippen LogP contribution in [0.4, 0.5) is 10.7 Å². The van der Waals surface area contributed by atoms with Crippen molar-refractivity contribution in [2.24, 2.45) is 0 Å². The van der Waals surface area contributed by atoms with Crippen molar-refractivity contribution in [3.63, 3.8) is 0 Å². The Kier molecular flexibility index (Phi) is 4.25. The normalized spacial score (nSPS) is 15.2. The van der Waals surface area contributed by atoms with Gasteiger partial charge in [-0.25, -0.2) is 9.78 Å². The maximum atomic E-state index is 12.3. The number of aromatic nitrogens is 3. The van der Waals surface area contributed by atoms with Gasteiger partial charge >= 0.3 is 6.09 Å². The van der Waals surface area contributed by atoms with Crippen molar-refractivity contribution in [2.75, 3.05) is 25.0 Å². The molecule has 0 unspecified atom stereocenters. The molecule has 142 valence electrons. The number of pyridine rings is 1. The van der Waals surface area contributed by atoms with E-state index in [4.69, 9.17) is 9.72 Å². The molecule has 0 aromatic carbocycles. The van der Waals surface area contributed by atoms with E-state index in [0.717, 1.165) is 21.3 Å². The van der Waals surface area contributed by atoms with Crippen LogP contribution in [0.15, 0.2) is 35.1 Å². The standard InChI is InChI=1S/C19H22BrN5O2/c1-19(2,3)27-18(26)23(4)13-10-24(11-13)17-22-16-14(8-12(20)9-21-16)15-6-5-7-25(15)17/h5-9,13H,10-11H2,1-4H3. The summed E-state index contributed by atoms with van der Waals surface area (Å²) in [6, 6.07) is 6.20. The summed E-state index contributed by atoms with van der Waals surface area (Å²) in [6.45, 7) is 7.03. The number of halogens is 1. The van der Waals surface area contributed by atoms with Crippen LogP contribution in [0.5, 0.6) is 0 Å². The summed E-state index contributed by atoms with van der Waals surface area (Å²) in [5.74, 6) is 0.839. The molecule has 0 radical (unpaired) electrons. The number of ether oxygens (including phenoxy) is 1. The number of rotatable bonds is 2. The third-order valence-corrected chi connectivity index (χ3v) is 5.09. The van der Waals surface area contributed by atoms with E-state index in [9.17, 15) is 4.79 Å². The van der Waals surface area contributed by atoms with Gasteiger partial charge in [-0.15, -0.1) is 0 Å². The highest BCUT2D eigenvalue weighted by Gasteiger charge is 2.36. The number of nitrogens with zero attached hydrogens (tertiary/aromatic N) is 5. The van der Waals surface area contributed by atoms with Crippen molar-refractivity contribution in [1.29, 1.82) is 0 Å². The molecule has 8 heteroatoms. The van der Waals surface area contributed by atoms with Crippen molar-refractivity contribution in [1.82, 2.24) is 19.3 Å². The van der Waals surface area contributed by atoms with Crippen LogP contribution in [-0.4, -0.2) is 57.1 Å². The lowest BCUT2D eigenvalue weighted by atomic mass is 10.1. The highest BCUT2D eigenvalue weighted by molar-refractivity contribution is 9.10. The summed E-state index contributed by atoms with van der Waals surface area (Å²) in [5, 5.41) is 1.00. The molecular weight excluding hydrogens is 410 g/mol. The van der Waals surface area contributed by atoms with E-state index in [1.165, 1.54) is 0 Å². The molecule has 0 saturated carbocycles. The average molecular weight is 432 g/mol. The van der Waals surface area contributed by atoms with E-state index in [1.807, 2.05) is 39.1 Å². The Morgan fingerprint density at radius 2 is 2.11 bits per heavy atom. The van der Waals surface area contributed by atoms with Crippen LogP contribution in [0.1, 0.15) is 20.8 Å². The van der Waals surface area contributed by atoms with Crippen LogP contribution in [-0.2, 0) is 4.74 Å². The van der Waals surface area contributed by atoms with E-state index < -0.39 is 5.60 Å². The predicted octanol–water partition coefficient (Wildman–Crippen LogP) is 3.70. The largest absolute Gasteiger partial charge is 0.444 e. The molecule has 1 saturated heterocycles. The summed E-state index contributed by atoms with van der Waals surface area (Å²) in [6.07, 6.45) is 3.47. The molecule has 1 aliphatic heterocycles. The van der Waals surface area contributed by atoms with Gasteiger partial charge in [-0.05, 0) is 54.9 Å². The van der Waals surface area contributed by atoms with Gasteiger partial charge in [0.25, 0.3) is 0 Å². The molecule has 0 atom stereocenters. The smallest absolute Gasteiger partial charge is 0.410 e. The van der Waals surface area contributed by atoms with E-state index in [2.05, 4.69) is 36.3 Å². The zero-order chi connectivity index (χ0) is 19.3. The molecule has 0 N–H and O–H groups in total. The van der Waals surface area contributed by atoms with Gasteiger partial charge in [0, 0.05) is 42.4 Å². The minimum absolute atomic E-state index is 0.0980. The SMILES string of the molecule is CN(C(=O)OC(C)(C)C)C1CN(c2nc3ncc(Br)cc3c3cccn23)C1. The lowest BCUT2D eigenvalue weighted by molar-refractivity contribution is 0.0196. The Labute approximate surface area is 166 Å². The molecule has 7 nitrogen and oxygen atoms in total. The molecule has 4 rings (SSSR count). The van der Waals surface area contributed by atoms with Crippen LogP contribution in [0.2, 0.25) is 0 Å². The quantitative estimate of drug-likeness (QED) is 0.618. The van der Waals surface area contributed by atoms with Gasteiger partial charge in [-0.3, -0.25) is 4.40 Å². The second-order valence-electron chi connectivity index (χ2n) is 7.85. The lowest BCUT2D eigenvalue weighted by Gasteiger charge is -2.44. The topological polar surface area (TPSA) is 63.0 Å².